The molecule has 1 amide bonds. The van der Waals surface area contributed by atoms with Crippen LogP contribution in [0.4, 0.5) is 0 Å². The summed E-state index contributed by atoms with van der Waals surface area (Å²) in [6.07, 6.45) is 6.39. The molecule has 1 saturated carbocycles. The second kappa shape index (κ2) is 7.15. The van der Waals surface area contributed by atoms with E-state index in [9.17, 15) is 4.79 Å². The summed E-state index contributed by atoms with van der Waals surface area (Å²) in [5.74, 6) is 0.809. The van der Waals surface area contributed by atoms with Gasteiger partial charge in [0.1, 0.15) is 0 Å². The Kier molecular flexibility index (Phi) is 6.37. The van der Waals surface area contributed by atoms with E-state index in [2.05, 4.69) is 39.9 Å². The van der Waals surface area contributed by atoms with Gasteiger partial charge in [0.05, 0.1) is 5.38 Å². The molecule has 1 atom stereocenters. The van der Waals surface area contributed by atoms with E-state index in [-0.39, 0.29) is 22.1 Å². The van der Waals surface area contributed by atoms with Gasteiger partial charge in [-0.15, -0.1) is 11.6 Å². The van der Waals surface area contributed by atoms with Crippen molar-refractivity contribution in [3.05, 3.63) is 0 Å². The molecule has 3 heteroatoms. The molecule has 1 aliphatic carbocycles. The average Bonchev–Trinajstić information content (AvgIpc) is 2.72. The zero-order valence-corrected chi connectivity index (χ0v) is 14.6. The number of carbonyl (C=O) groups excluding carboxylic acids is 1. The summed E-state index contributed by atoms with van der Waals surface area (Å²) in [5, 5.41) is 3.15. The summed E-state index contributed by atoms with van der Waals surface area (Å²) >= 11 is 6.35. The zero-order chi connectivity index (χ0) is 15.4. The second-order valence-electron chi connectivity index (χ2n) is 8.16. The highest BCUT2D eigenvalue weighted by molar-refractivity contribution is 6.20. The van der Waals surface area contributed by atoms with E-state index in [0.717, 1.165) is 25.7 Å². The van der Waals surface area contributed by atoms with Crippen LogP contribution in [-0.4, -0.2) is 17.8 Å². The molecule has 1 fully saturated rings. The largest absolute Gasteiger partial charge is 0.354 e. The molecule has 0 aliphatic heterocycles. The van der Waals surface area contributed by atoms with Gasteiger partial charge in [-0.1, -0.05) is 47.5 Å². The van der Waals surface area contributed by atoms with Crippen molar-refractivity contribution in [1.82, 2.24) is 5.32 Å². The van der Waals surface area contributed by atoms with Gasteiger partial charge < -0.3 is 5.32 Å². The van der Waals surface area contributed by atoms with Crippen molar-refractivity contribution < 1.29 is 4.79 Å². The highest BCUT2D eigenvalue weighted by atomic mass is 35.5. The SMILES string of the molecule is CC(C)CC1(C(=O)NCC(Cl)CC(C)(C)C)CCCC1. The fourth-order valence-corrected chi connectivity index (χ4v) is 4.02. The van der Waals surface area contributed by atoms with Crippen LogP contribution < -0.4 is 5.32 Å². The van der Waals surface area contributed by atoms with Gasteiger partial charge in [-0.3, -0.25) is 4.79 Å². The average molecular weight is 302 g/mol. The fraction of sp³-hybridized carbons (Fsp3) is 0.941. The number of alkyl halides is 1. The minimum atomic E-state index is -0.119. The number of rotatable bonds is 6. The van der Waals surface area contributed by atoms with Gasteiger partial charge in [0, 0.05) is 12.0 Å². The third kappa shape index (κ3) is 5.63. The van der Waals surface area contributed by atoms with Crippen molar-refractivity contribution in [2.24, 2.45) is 16.7 Å². The van der Waals surface area contributed by atoms with Crippen LogP contribution in [0.1, 0.15) is 73.1 Å². The predicted octanol–water partition coefficient (Wildman–Crippen LogP) is 4.75. The highest BCUT2D eigenvalue weighted by Gasteiger charge is 2.41. The van der Waals surface area contributed by atoms with Crippen molar-refractivity contribution in [3.8, 4) is 0 Å². The molecule has 2 nitrogen and oxygen atoms in total. The van der Waals surface area contributed by atoms with Crippen molar-refractivity contribution in [2.75, 3.05) is 6.54 Å². The molecule has 1 rings (SSSR count). The molecule has 0 aromatic rings. The molecule has 0 bridgehead atoms. The Hall–Kier alpha value is -0.240. The maximum Gasteiger partial charge on any atom is 0.226 e. The summed E-state index contributed by atoms with van der Waals surface area (Å²) in [6, 6.07) is 0. The lowest BCUT2D eigenvalue weighted by Gasteiger charge is -2.30. The quantitative estimate of drug-likeness (QED) is 0.705. The highest BCUT2D eigenvalue weighted by Crippen LogP contribution is 2.43. The lowest BCUT2D eigenvalue weighted by atomic mass is 9.77. The van der Waals surface area contributed by atoms with Crippen LogP contribution in [0.25, 0.3) is 0 Å². The Balaban J connectivity index is 2.51. The smallest absolute Gasteiger partial charge is 0.226 e. The van der Waals surface area contributed by atoms with Crippen LogP contribution in [0.5, 0.6) is 0 Å². The molecule has 0 aromatic carbocycles. The standard InChI is InChI=1S/C17H32ClNO/c1-13(2)10-17(8-6-7-9-17)15(20)19-12-14(18)11-16(3,4)5/h13-14H,6-12H2,1-5H3,(H,19,20). The number of amides is 1. The third-order valence-electron chi connectivity index (χ3n) is 4.16. The lowest BCUT2D eigenvalue weighted by molar-refractivity contribution is -0.131. The van der Waals surface area contributed by atoms with Gasteiger partial charge in [0.25, 0.3) is 0 Å². The van der Waals surface area contributed by atoms with Gasteiger partial charge >= 0.3 is 0 Å². The molecule has 0 aromatic heterocycles. The summed E-state index contributed by atoms with van der Waals surface area (Å²) in [4.78, 5) is 12.6. The molecule has 1 aliphatic rings. The Labute approximate surface area is 130 Å². The van der Waals surface area contributed by atoms with Crippen LogP contribution in [0.2, 0.25) is 0 Å². The predicted molar refractivity (Wildman–Crippen MR) is 87.1 cm³/mol. The van der Waals surface area contributed by atoms with Crippen LogP contribution >= 0.6 is 11.6 Å². The van der Waals surface area contributed by atoms with E-state index < -0.39 is 0 Å². The Bertz CT molecular complexity index is 313. The summed E-state index contributed by atoms with van der Waals surface area (Å²) in [5.41, 5.74) is 0.0899. The zero-order valence-electron chi connectivity index (χ0n) is 13.9. The molecule has 0 saturated heterocycles. The van der Waals surface area contributed by atoms with Crippen molar-refractivity contribution in [3.63, 3.8) is 0 Å². The Morgan fingerprint density at radius 3 is 2.25 bits per heavy atom. The molecule has 1 N–H and O–H groups in total. The number of hydrogen-bond acceptors (Lipinski definition) is 1. The van der Waals surface area contributed by atoms with E-state index in [4.69, 9.17) is 11.6 Å². The van der Waals surface area contributed by atoms with Gasteiger partial charge in [0.2, 0.25) is 5.91 Å². The molecule has 0 radical (unpaired) electrons. The molecule has 20 heavy (non-hydrogen) atoms. The minimum Gasteiger partial charge on any atom is -0.354 e. The Morgan fingerprint density at radius 2 is 1.80 bits per heavy atom. The maximum absolute atomic E-state index is 12.6. The van der Waals surface area contributed by atoms with E-state index in [1.165, 1.54) is 12.8 Å². The summed E-state index contributed by atoms with van der Waals surface area (Å²) in [6.45, 7) is 11.6. The lowest BCUT2D eigenvalue weighted by Crippen LogP contribution is -2.42. The van der Waals surface area contributed by atoms with Gasteiger partial charge in [-0.05, 0) is 37.0 Å². The maximum atomic E-state index is 12.6. The minimum absolute atomic E-state index is 0.0245. The first-order valence-electron chi connectivity index (χ1n) is 8.07. The van der Waals surface area contributed by atoms with Crippen LogP contribution in [0, 0.1) is 16.7 Å². The van der Waals surface area contributed by atoms with Crippen molar-refractivity contribution in [2.45, 2.75) is 78.5 Å². The molecular weight excluding hydrogens is 270 g/mol. The molecular formula is C17H32ClNO. The summed E-state index contributed by atoms with van der Waals surface area (Å²) in [7, 11) is 0. The van der Waals surface area contributed by atoms with Gasteiger partial charge in [-0.25, -0.2) is 0 Å². The van der Waals surface area contributed by atoms with Crippen molar-refractivity contribution in [1.29, 1.82) is 0 Å². The number of carbonyl (C=O) groups is 1. The second-order valence-corrected chi connectivity index (χ2v) is 8.77. The van der Waals surface area contributed by atoms with Crippen LogP contribution in [0.15, 0.2) is 0 Å². The normalized spacial score (nSPS) is 20.1. The van der Waals surface area contributed by atoms with Crippen molar-refractivity contribution >= 4 is 17.5 Å². The van der Waals surface area contributed by atoms with Gasteiger partial charge in [0.15, 0.2) is 0 Å². The van der Waals surface area contributed by atoms with Crippen LogP contribution in [-0.2, 0) is 4.79 Å². The van der Waals surface area contributed by atoms with E-state index in [1.54, 1.807) is 0 Å². The van der Waals surface area contributed by atoms with Gasteiger partial charge in [-0.2, -0.15) is 0 Å². The molecule has 0 heterocycles. The van der Waals surface area contributed by atoms with E-state index >= 15 is 0 Å². The molecule has 0 spiro atoms. The monoisotopic (exact) mass is 301 g/mol. The first-order valence-corrected chi connectivity index (χ1v) is 8.51. The molecule has 1 unspecified atom stereocenters. The van der Waals surface area contributed by atoms with E-state index in [1.807, 2.05) is 0 Å². The fourth-order valence-electron chi connectivity index (χ4n) is 3.48. The number of halogens is 1. The number of hydrogen-bond donors (Lipinski definition) is 1. The third-order valence-corrected chi connectivity index (χ3v) is 4.47. The first-order chi connectivity index (χ1) is 9.15. The topological polar surface area (TPSA) is 29.1 Å². The van der Waals surface area contributed by atoms with Crippen LogP contribution in [0.3, 0.4) is 0 Å². The van der Waals surface area contributed by atoms with E-state index in [0.29, 0.717) is 12.5 Å². The summed E-state index contributed by atoms with van der Waals surface area (Å²) < 4.78 is 0. The number of nitrogens with one attached hydrogen (secondary N) is 1. The first kappa shape index (κ1) is 17.8. The molecule has 118 valence electrons. The Morgan fingerprint density at radius 1 is 1.25 bits per heavy atom.